The van der Waals surface area contributed by atoms with E-state index in [0.717, 1.165) is 0 Å². The lowest BCUT2D eigenvalue weighted by molar-refractivity contribution is 0.0692. The molecule has 0 atom stereocenters. The van der Waals surface area contributed by atoms with Crippen LogP contribution in [0.3, 0.4) is 0 Å². The van der Waals surface area contributed by atoms with E-state index in [-0.39, 0.29) is 17.1 Å². The largest absolute Gasteiger partial charge is 0.504 e. The normalized spacial score (nSPS) is 9.69. The molecule has 0 aliphatic rings. The fourth-order valence-corrected chi connectivity index (χ4v) is 1.11. The first-order chi connectivity index (χ1) is 6.07. The van der Waals surface area contributed by atoms with Crippen molar-refractivity contribution in [2.45, 2.75) is 6.92 Å². The van der Waals surface area contributed by atoms with E-state index in [1.54, 1.807) is 13.0 Å². The zero-order valence-corrected chi connectivity index (χ0v) is 7.37. The van der Waals surface area contributed by atoms with E-state index in [2.05, 4.69) is 0 Å². The summed E-state index contributed by atoms with van der Waals surface area (Å²) in [4.78, 5) is 10.7. The van der Waals surface area contributed by atoms with Gasteiger partial charge in [-0.05, 0) is 18.6 Å². The predicted molar refractivity (Wildman–Crippen MR) is 46.4 cm³/mol. The number of methoxy groups -OCH3 is 1. The lowest BCUT2D eigenvalue weighted by atomic mass is 10.1. The summed E-state index contributed by atoms with van der Waals surface area (Å²) in [5, 5.41) is 18.2. The van der Waals surface area contributed by atoms with Gasteiger partial charge in [-0.15, -0.1) is 0 Å². The van der Waals surface area contributed by atoms with Gasteiger partial charge in [-0.3, -0.25) is 0 Å². The summed E-state index contributed by atoms with van der Waals surface area (Å²) >= 11 is 0. The monoisotopic (exact) mass is 182 g/mol. The van der Waals surface area contributed by atoms with Gasteiger partial charge in [-0.1, -0.05) is 6.07 Å². The van der Waals surface area contributed by atoms with Crippen LogP contribution in [0.15, 0.2) is 12.1 Å². The highest BCUT2D eigenvalue weighted by Crippen LogP contribution is 2.31. The number of hydrogen-bond donors (Lipinski definition) is 2. The summed E-state index contributed by atoms with van der Waals surface area (Å²) in [6.45, 7) is 1.61. The van der Waals surface area contributed by atoms with Crippen molar-refractivity contribution < 1.29 is 19.7 Å². The van der Waals surface area contributed by atoms with Crippen molar-refractivity contribution in [2.75, 3.05) is 7.11 Å². The molecule has 13 heavy (non-hydrogen) atoms. The first-order valence-electron chi connectivity index (χ1n) is 3.67. The summed E-state index contributed by atoms with van der Waals surface area (Å²) in [6, 6.07) is 3.11. The number of carboxylic acid groups (broad SMARTS) is 1. The molecule has 2 N–H and O–H groups in total. The molecule has 0 aromatic heterocycles. The Balaban J connectivity index is 3.38. The van der Waals surface area contributed by atoms with E-state index in [4.69, 9.17) is 9.84 Å². The van der Waals surface area contributed by atoms with Crippen LogP contribution in [0.4, 0.5) is 0 Å². The number of phenols is 1. The summed E-state index contributed by atoms with van der Waals surface area (Å²) in [5.41, 5.74) is 0.394. The minimum Gasteiger partial charge on any atom is -0.504 e. The van der Waals surface area contributed by atoms with Gasteiger partial charge in [-0.2, -0.15) is 0 Å². The van der Waals surface area contributed by atoms with E-state index >= 15 is 0 Å². The number of hydrogen-bond acceptors (Lipinski definition) is 3. The molecule has 0 aliphatic heterocycles. The highest BCUT2D eigenvalue weighted by atomic mass is 16.5. The lowest BCUT2D eigenvalue weighted by Gasteiger charge is -2.07. The summed E-state index contributed by atoms with van der Waals surface area (Å²) in [6.07, 6.45) is 0. The van der Waals surface area contributed by atoms with Gasteiger partial charge in [0.05, 0.1) is 7.11 Å². The molecule has 4 nitrogen and oxygen atoms in total. The van der Waals surface area contributed by atoms with Crippen LogP contribution in [0.2, 0.25) is 0 Å². The third kappa shape index (κ3) is 1.56. The maximum atomic E-state index is 10.7. The lowest BCUT2D eigenvalue weighted by Crippen LogP contribution is -2.01. The Morgan fingerprint density at radius 1 is 1.46 bits per heavy atom. The van der Waals surface area contributed by atoms with E-state index < -0.39 is 5.97 Å². The molecule has 70 valence electrons. The molecule has 0 saturated carbocycles. The summed E-state index contributed by atoms with van der Waals surface area (Å²) in [5.74, 6) is -1.31. The van der Waals surface area contributed by atoms with Crippen LogP contribution < -0.4 is 4.74 Å². The van der Waals surface area contributed by atoms with Crippen LogP contribution in [0.1, 0.15) is 15.9 Å². The predicted octanol–water partition coefficient (Wildman–Crippen LogP) is 1.41. The molecule has 0 fully saturated rings. The van der Waals surface area contributed by atoms with Gasteiger partial charge in [0.15, 0.2) is 11.5 Å². The zero-order chi connectivity index (χ0) is 10.0. The number of aromatic carboxylic acids is 1. The first kappa shape index (κ1) is 9.38. The van der Waals surface area contributed by atoms with Crippen LogP contribution >= 0.6 is 0 Å². The molecule has 0 heterocycles. The van der Waals surface area contributed by atoms with Gasteiger partial charge in [0.25, 0.3) is 0 Å². The van der Waals surface area contributed by atoms with Crippen molar-refractivity contribution in [1.29, 1.82) is 0 Å². The van der Waals surface area contributed by atoms with Crippen LogP contribution in [0, 0.1) is 6.92 Å². The van der Waals surface area contributed by atoms with E-state index in [0.29, 0.717) is 5.56 Å². The number of rotatable bonds is 2. The molecule has 0 unspecified atom stereocenters. The van der Waals surface area contributed by atoms with Crippen molar-refractivity contribution in [3.63, 3.8) is 0 Å². The average Bonchev–Trinajstić information content (AvgIpc) is 2.04. The Morgan fingerprint density at radius 2 is 2.08 bits per heavy atom. The molecule has 0 spiro atoms. The molecule has 4 heteroatoms. The Kier molecular flexibility index (Phi) is 2.41. The SMILES string of the molecule is COc1ccc(C)c(C(=O)O)c1O. The van der Waals surface area contributed by atoms with Gasteiger partial charge in [0.1, 0.15) is 5.56 Å². The number of aromatic hydroxyl groups is 1. The minimum atomic E-state index is -1.16. The second-order valence-electron chi connectivity index (χ2n) is 2.61. The fraction of sp³-hybridized carbons (Fsp3) is 0.222. The molecular weight excluding hydrogens is 172 g/mol. The summed E-state index contributed by atoms with van der Waals surface area (Å²) in [7, 11) is 1.37. The Morgan fingerprint density at radius 3 is 2.54 bits per heavy atom. The molecule has 0 aliphatic carbocycles. The number of carbonyl (C=O) groups is 1. The van der Waals surface area contributed by atoms with Gasteiger partial charge in [0.2, 0.25) is 0 Å². The second-order valence-corrected chi connectivity index (χ2v) is 2.61. The maximum absolute atomic E-state index is 10.7. The summed E-state index contributed by atoms with van der Waals surface area (Å²) < 4.78 is 4.78. The third-order valence-corrected chi connectivity index (χ3v) is 1.78. The van der Waals surface area contributed by atoms with E-state index in [1.165, 1.54) is 13.2 Å². The molecule has 0 amide bonds. The minimum absolute atomic E-state index is 0.112. The molecule has 1 aromatic rings. The van der Waals surface area contributed by atoms with Gasteiger partial charge >= 0.3 is 5.97 Å². The Bertz CT molecular complexity index is 344. The maximum Gasteiger partial charge on any atom is 0.339 e. The number of benzene rings is 1. The number of carboxylic acids is 1. The van der Waals surface area contributed by atoms with E-state index in [9.17, 15) is 9.90 Å². The quantitative estimate of drug-likeness (QED) is 0.725. The molecule has 0 radical (unpaired) electrons. The smallest absolute Gasteiger partial charge is 0.339 e. The average molecular weight is 182 g/mol. The van der Waals surface area contributed by atoms with Crippen LogP contribution in [-0.4, -0.2) is 23.3 Å². The van der Waals surface area contributed by atoms with Crippen LogP contribution in [0.25, 0.3) is 0 Å². The van der Waals surface area contributed by atoms with Gasteiger partial charge in [0, 0.05) is 0 Å². The van der Waals surface area contributed by atoms with Gasteiger partial charge in [-0.25, -0.2) is 4.79 Å². The van der Waals surface area contributed by atoms with Gasteiger partial charge < -0.3 is 14.9 Å². The first-order valence-corrected chi connectivity index (χ1v) is 3.67. The zero-order valence-electron chi connectivity index (χ0n) is 7.37. The molecule has 1 rings (SSSR count). The number of aryl methyl sites for hydroxylation is 1. The Hall–Kier alpha value is -1.71. The number of ether oxygens (including phenoxy) is 1. The molecule has 1 aromatic carbocycles. The van der Waals surface area contributed by atoms with Crippen LogP contribution in [0.5, 0.6) is 11.5 Å². The van der Waals surface area contributed by atoms with Crippen molar-refractivity contribution in [1.82, 2.24) is 0 Å². The highest BCUT2D eigenvalue weighted by Gasteiger charge is 2.16. The topological polar surface area (TPSA) is 66.8 Å². The van der Waals surface area contributed by atoms with Crippen molar-refractivity contribution in [3.8, 4) is 11.5 Å². The third-order valence-electron chi connectivity index (χ3n) is 1.78. The van der Waals surface area contributed by atoms with Crippen molar-refractivity contribution in [3.05, 3.63) is 23.3 Å². The van der Waals surface area contributed by atoms with E-state index in [1.807, 2.05) is 0 Å². The molecule has 0 bridgehead atoms. The van der Waals surface area contributed by atoms with Crippen molar-refractivity contribution >= 4 is 5.97 Å². The standard InChI is InChI=1S/C9H10O4/c1-5-3-4-6(13-2)8(10)7(5)9(11)12/h3-4,10H,1-2H3,(H,11,12). The highest BCUT2D eigenvalue weighted by molar-refractivity contribution is 5.93. The fourth-order valence-electron chi connectivity index (χ4n) is 1.11. The second kappa shape index (κ2) is 3.35. The molecule has 0 saturated heterocycles. The van der Waals surface area contributed by atoms with Crippen LogP contribution in [-0.2, 0) is 0 Å². The van der Waals surface area contributed by atoms with Crippen molar-refractivity contribution in [2.24, 2.45) is 0 Å². The Labute approximate surface area is 75.4 Å². The molecular formula is C9H10O4.